The van der Waals surface area contributed by atoms with Gasteiger partial charge in [0.05, 0.1) is 11.3 Å². The molecule has 26 heavy (non-hydrogen) atoms. The zero-order chi connectivity index (χ0) is 18.4. The maximum absolute atomic E-state index is 11.4. The van der Waals surface area contributed by atoms with E-state index in [1.807, 2.05) is 54.6 Å². The highest BCUT2D eigenvalue weighted by molar-refractivity contribution is 6.30. The topological polar surface area (TPSA) is 75.1 Å². The van der Waals surface area contributed by atoms with Crippen LogP contribution in [0.15, 0.2) is 60.8 Å². The van der Waals surface area contributed by atoms with Crippen molar-refractivity contribution in [1.82, 2.24) is 9.97 Å². The maximum atomic E-state index is 11.4. The van der Waals surface area contributed by atoms with Gasteiger partial charge < -0.3 is 10.4 Å². The lowest BCUT2D eigenvalue weighted by molar-refractivity contribution is 0.0694. The third kappa shape index (κ3) is 4.80. The summed E-state index contributed by atoms with van der Waals surface area (Å²) in [5.74, 6) is -0.606. The highest BCUT2D eigenvalue weighted by Crippen LogP contribution is 2.14. The lowest BCUT2D eigenvalue weighted by Gasteiger charge is -2.09. The molecule has 2 N–H and O–H groups in total. The van der Waals surface area contributed by atoms with Gasteiger partial charge in [-0.1, -0.05) is 54.1 Å². The monoisotopic (exact) mass is 367 g/mol. The minimum atomic E-state index is -1.02. The first kappa shape index (κ1) is 17.9. The quantitative estimate of drug-likeness (QED) is 0.653. The van der Waals surface area contributed by atoms with Crippen LogP contribution in [-0.2, 0) is 19.4 Å². The van der Waals surface area contributed by atoms with Crippen LogP contribution in [0.2, 0.25) is 5.02 Å². The van der Waals surface area contributed by atoms with E-state index in [1.54, 1.807) is 0 Å². The van der Waals surface area contributed by atoms with Crippen molar-refractivity contribution in [3.8, 4) is 0 Å². The summed E-state index contributed by atoms with van der Waals surface area (Å²) in [4.78, 5) is 20.0. The van der Waals surface area contributed by atoms with Gasteiger partial charge in [0.15, 0.2) is 0 Å². The second-order valence-electron chi connectivity index (χ2n) is 5.82. The number of aryl methyl sites for hydroxylation is 2. The van der Waals surface area contributed by atoms with Gasteiger partial charge in [0.25, 0.3) is 0 Å². The zero-order valence-corrected chi connectivity index (χ0v) is 14.8. The van der Waals surface area contributed by atoms with E-state index < -0.39 is 5.97 Å². The number of hydrogen-bond donors (Lipinski definition) is 2. The van der Waals surface area contributed by atoms with Crippen molar-refractivity contribution in [2.45, 2.75) is 19.4 Å². The molecule has 0 aliphatic rings. The molecule has 3 rings (SSSR count). The van der Waals surface area contributed by atoms with E-state index in [0.29, 0.717) is 29.6 Å². The van der Waals surface area contributed by atoms with Crippen LogP contribution >= 0.6 is 11.6 Å². The maximum Gasteiger partial charge on any atom is 0.339 e. The molecule has 0 bridgehead atoms. The second kappa shape index (κ2) is 8.45. The van der Waals surface area contributed by atoms with Gasteiger partial charge in [0.1, 0.15) is 0 Å². The van der Waals surface area contributed by atoms with E-state index in [4.69, 9.17) is 11.6 Å². The average Bonchev–Trinajstić information content (AvgIpc) is 2.66. The molecular weight excluding hydrogens is 350 g/mol. The number of aromatic nitrogens is 2. The molecule has 132 valence electrons. The average molecular weight is 368 g/mol. The Balaban J connectivity index is 1.72. The molecule has 1 aromatic heterocycles. The smallest absolute Gasteiger partial charge is 0.339 e. The molecule has 0 saturated heterocycles. The third-order valence-corrected chi connectivity index (χ3v) is 4.21. The highest BCUT2D eigenvalue weighted by atomic mass is 35.5. The lowest BCUT2D eigenvalue weighted by Crippen LogP contribution is -2.11. The van der Waals surface area contributed by atoms with E-state index in [2.05, 4.69) is 15.3 Å². The highest BCUT2D eigenvalue weighted by Gasteiger charge is 2.13. The van der Waals surface area contributed by atoms with E-state index >= 15 is 0 Å². The van der Waals surface area contributed by atoms with Gasteiger partial charge >= 0.3 is 5.97 Å². The number of aromatic carboxylic acids is 1. The number of benzene rings is 2. The Morgan fingerprint density at radius 2 is 1.73 bits per heavy atom. The molecule has 0 radical (unpaired) electrons. The molecule has 0 fully saturated rings. The molecule has 1 heterocycles. The van der Waals surface area contributed by atoms with Gasteiger partial charge in [0, 0.05) is 17.8 Å². The Kier molecular flexibility index (Phi) is 5.81. The van der Waals surface area contributed by atoms with Gasteiger partial charge in [0.2, 0.25) is 5.95 Å². The predicted octanol–water partition coefficient (Wildman–Crippen LogP) is 4.23. The normalized spacial score (nSPS) is 10.5. The van der Waals surface area contributed by atoms with Crippen molar-refractivity contribution >= 4 is 23.5 Å². The van der Waals surface area contributed by atoms with E-state index in [-0.39, 0.29) is 5.56 Å². The predicted molar refractivity (Wildman–Crippen MR) is 102 cm³/mol. The minimum Gasteiger partial charge on any atom is -0.478 e. The molecule has 0 aliphatic heterocycles. The fraction of sp³-hybridized carbons (Fsp3) is 0.150. The van der Waals surface area contributed by atoms with Crippen molar-refractivity contribution in [2.24, 2.45) is 0 Å². The summed E-state index contributed by atoms with van der Waals surface area (Å²) in [5.41, 5.74) is 2.83. The number of hydrogen-bond acceptors (Lipinski definition) is 4. The summed E-state index contributed by atoms with van der Waals surface area (Å²) < 4.78 is 0. The Hall–Kier alpha value is -2.92. The van der Waals surface area contributed by atoms with E-state index in [9.17, 15) is 9.90 Å². The molecule has 2 aromatic carbocycles. The molecule has 0 unspecified atom stereocenters. The Morgan fingerprint density at radius 1 is 1.00 bits per heavy atom. The van der Waals surface area contributed by atoms with E-state index in [0.717, 1.165) is 17.5 Å². The summed E-state index contributed by atoms with van der Waals surface area (Å²) >= 11 is 5.88. The largest absolute Gasteiger partial charge is 0.478 e. The summed E-state index contributed by atoms with van der Waals surface area (Å²) in [6.07, 6.45) is 2.61. The first-order chi connectivity index (χ1) is 12.6. The van der Waals surface area contributed by atoms with Crippen LogP contribution in [0, 0.1) is 0 Å². The molecule has 0 amide bonds. The molecule has 0 saturated carbocycles. The Bertz CT molecular complexity index is 883. The molecule has 3 aromatic rings. The number of halogens is 1. The fourth-order valence-corrected chi connectivity index (χ4v) is 2.69. The summed E-state index contributed by atoms with van der Waals surface area (Å²) in [6.45, 7) is 0.529. The first-order valence-electron chi connectivity index (χ1n) is 8.23. The molecule has 0 spiro atoms. The minimum absolute atomic E-state index is 0.137. The standard InChI is InChI=1S/C20H18ClN3O2/c21-16-9-6-15(7-10-16)12-22-20-23-13-17(19(25)26)18(24-20)11-8-14-4-2-1-3-5-14/h1-7,9-10,13H,8,11-12H2,(H,25,26)(H,22,23,24). The SMILES string of the molecule is O=C(O)c1cnc(NCc2ccc(Cl)cc2)nc1CCc1ccccc1. The first-order valence-corrected chi connectivity index (χ1v) is 8.61. The van der Waals surface area contributed by atoms with Crippen molar-refractivity contribution < 1.29 is 9.90 Å². The van der Waals surface area contributed by atoms with Gasteiger partial charge in [-0.2, -0.15) is 0 Å². The number of carboxylic acid groups (broad SMARTS) is 1. The fourth-order valence-electron chi connectivity index (χ4n) is 2.56. The van der Waals surface area contributed by atoms with Crippen LogP contribution in [0.5, 0.6) is 0 Å². The summed E-state index contributed by atoms with van der Waals surface area (Å²) in [6, 6.07) is 17.4. The molecule has 0 atom stereocenters. The van der Waals surface area contributed by atoms with Crippen molar-refractivity contribution in [1.29, 1.82) is 0 Å². The molecule has 6 heteroatoms. The van der Waals surface area contributed by atoms with Crippen molar-refractivity contribution in [3.63, 3.8) is 0 Å². The Morgan fingerprint density at radius 3 is 2.42 bits per heavy atom. The van der Waals surface area contributed by atoms with Crippen LogP contribution in [0.4, 0.5) is 5.95 Å². The summed E-state index contributed by atoms with van der Waals surface area (Å²) in [5, 5.41) is 13.2. The van der Waals surface area contributed by atoms with Crippen molar-refractivity contribution in [2.75, 3.05) is 5.32 Å². The van der Waals surface area contributed by atoms with Crippen LogP contribution in [0.1, 0.15) is 27.2 Å². The van der Waals surface area contributed by atoms with Crippen molar-refractivity contribution in [3.05, 3.63) is 88.2 Å². The molecule has 0 aliphatic carbocycles. The number of rotatable bonds is 7. The van der Waals surface area contributed by atoms with Gasteiger partial charge in [-0.05, 0) is 36.1 Å². The number of anilines is 1. The molecular formula is C20H18ClN3O2. The summed E-state index contributed by atoms with van der Waals surface area (Å²) in [7, 11) is 0. The van der Waals surface area contributed by atoms with Gasteiger partial charge in [-0.25, -0.2) is 14.8 Å². The third-order valence-electron chi connectivity index (χ3n) is 3.96. The number of nitrogens with zero attached hydrogens (tertiary/aromatic N) is 2. The van der Waals surface area contributed by atoms with Crippen LogP contribution in [0.25, 0.3) is 0 Å². The number of carbonyl (C=O) groups is 1. The van der Waals surface area contributed by atoms with Crippen LogP contribution in [0.3, 0.4) is 0 Å². The lowest BCUT2D eigenvalue weighted by atomic mass is 10.1. The second-order valence-corrected chi connectivity index (χ2v) is 6.26. The van der Waals surface area contributed by atoms with Gasteiger partial charge in [-0.15, -0.1) is 0 Å². The number of nitrogens with one attached hydrogen (secondary N) is 1. The number of carboxylic acids is 1. The molecule has 5 nitrogen and oxygen atoms in total. The van der Waals surface area contributed by atoms with Crippen LogP contribution in [-0.4, -0.2) is 21.0 Å². The van der Waals surface area contributed by atoms with Gasteiger partial charge in [-0.3, -0.25) is 0 Å². The van der Waals surface area contributed by atoms with Crippen LogP contribution < -0.4 is 5.32 Å². The Labute approximate surface area is 156 Å². The van der Waals surface area contributed by atoms with E-state index in [1.165, 1.54) is 6.20 Å². The zero-order valence-electron chi connectivity index (χ0n) is 14.0.